The van der Waals surface area contributed by atoms with Crippen LogP contribution in [-0.2, 0) is 20.7 Å². The molecule has 0 unspecified atom stereocenters. The van der Waals surface area contributed by atoms with Crippen molar-refractivity contribution in [3.63, 3.8) is 0 Å². The summed E-state index contributed by atoms with van der Waals surface area (Å²) < 4.78 is 13.2. The largest absolute Gasteiger partial charge is 0.487 e. The summed E-state index contributed by atoms with van der Waals surface area (Å²) in [4.78, 5) is 27.4. The van der Waals surface area contributed by atoms with E-state index in [-0.39, 0.29) is 41.5 Å². The van der Waals surface area contributed by atoms with Gasteiger partial charge >= 0.3 is 0 Å². The monoisotopic (exact) mass is 476 g/mol. The molecule has 0 saturated carbocycles. The number of nitrogens with one attached hydrogen (secondary N) is 1. The summed E-state index contributed by atoms with van der Waals surface area (Å²) in [6.07, 6.45) is 2.38. The summed E-state index contributed by atoms with van der Waals surface area (Å²) >= 11 is 0. The van der Waals surface area contributed by atoms with Gasteiger partial charge < -0.3 is 19.7 Å². The second-order valence-electron chi connectivity index (χ2n) is 11.0. The normalized spacial score (nSPS) is 27.5. The Morgan fingerprint density at radius 1 is 1.17 bits per heavy atom. The molecule has 0 radical (unpaired) electrons. The van der Waals surface area contributed by atoms with Crippen molar-refractivity contribution in [1.82, 2.24) is 10.2 Å². The summed E-state index contributed by atoms with van der Waals surface area (Å²) in [5.41, 5.74) is 3.01. The number of rotatable bonds is 4. The molecule has 3 aliphatic rings. The third kappa shape index (κ3) is 4.81. The number of benzene rings is 2. The van der Waals surface area contributed by atoms with Crippen LogP contribution in [0.3, 0.4) is 0 Å². The summed E-state index contributed by atoms with van der Waals surface area (Å²) in [7, 11) is 0. The van der Waals surface area contributed by atoms with Crippen molar-refractivity contribution in [3.05, 3.63) is 65.2 Å². The van der Waals surface area contributed by atoms with E-state index < -0.39 is 6.04 Å². The van der Waals surface area contributed by atoms with Crippen LogP contribution < -0.4 is 10.1 Å². The molecule has 0 spiro atoms. The van der Waals surface area contributed by atoms with Gasteiger partial charge in [-0.2, -0.15) is 0 Å². The highest BCUT2D eigenvalue weighted by Gasteiger charge is 2.51. The number of carbonyl (C=O) groups excluding carboxylic acids is 2. The fraction of sp³-hybridized carbons (Fsp3) is 0.517. The first-order chi connectivity index (χ1) is 16.7. The highest BCUT2D eigenvalue weighted by atomic mass is 16.5. The molecule has 2 amide bonds. The number of piperidine rings is 1. The SMILES string of the molecule is CC(=O)N[C@@H](Cc1ccccc1)C(=O)N1CC[C@H]2O[C@H]3c4ccc(C)cc4OC(C)(C)[C@@H]3C[C@H]2C1. The number of amides is 2. The second kappa shape index (κ2) is 9.30. The molecule has 3 aliphatic heterocycles. The van der Waals surface area contributed by atoms with Gasteiger partial charge in [-0.1, -0.05) is 42.5 Å². The Labute approximate surface area is 208 Å². The van der Waals surface area contributed by atoms with E-state index in [0.717, 1.165) is 29.7 Å². The van der Waals surface area contributed by atoms with Crippen LogP contribution in [-0.4, -0.2) is 47.6 Å². The molecule has 35 heavy (non-hydrogen) atoms. The van der Waals surface area contributed by atoms with Crippen LogP contribution in [0.4, 0.5) is 0 Å². The second-order valence-corrected chi connectivity index (χ2v) is 11.0. The van der Waals surface area contributed by atoms with E-state index in [1.165, 1.54) is 12.5 Å². The Hall–Kier alpha value is -2.86. The first-order valence-corrected chi connectivity index (χ1v) is 12.8. The predicted octanol–water partition coefficient (Wildman–Crippen LogP) is 4.21. The van der Waals surface area contributed by atoms with Gasteiger partial charge in [0.25, 0.3) is 0 Å². The topological polar surface area (TPSA) is 67.9 Å². The molecule has 186 valence electrons. The molecule has 0 aromatic heterocycles. The summed E-state index contributed by atoms with van der Waals surface area (Å²) in [5, 5.41) is 2.89. The zero-order valence-corrected chi connectivity index (χ0v) is 21.1. The lowest BCUT2D eigenvalue weighted by molar-refractivity contribution is -0.189. The molecule has 5 atom stereocenters. The van der Waals surface area contributed by atoms with Crippen LogP contribution in [0.1, 0.15) is 56.4 Å². The zero-order valence-electron chi connectivity index (χ0n) is 21.1. The quantitative estimate of drug-likeness (QED) is 0.718. The van der Waals surface area contributed by atoms with Gasteiger partial charge in [-0.05, 0) is 50.8 Å². The van der Waals surface area contributed by atoms with Crippen molar-refractivity contribution in [2.45, 2.75) is 70.8 Å². The Bertz CT molecular complexity index is 1100. The van der Waals surface area contributed by atoms with E-state index >= 15 is 0 Å². The number of hydrogen-bond donors (Lipinski definition) is 1. The highest BCUT2D eigenvalue weighted by Crippen LogP contribution is 2.53. The van der Waals surface area contributed by atoms with Crippen molar-refractivity contribution in [1.29, 1.82) is 0 Å². The lowest BCUT2D eigenvalue weighted by Gasteiger charge is -2.53. The molecule has 1 N–H and O–H groups in total. The maximum atomic E-state index is 13.6. The van der Waals surface area contributed by atoms with Crippen molar-refractivity contribution in [2.24, 2.45) is 11.8 Å². The minimum absolute atomic E-state index is 0.00963. The average molecular weight is 477 g/mol. The minimum atomic E-state index is -0.562. The fourth-order valence-electron chi connectivity index (χ4n) is 6.13. The zero-order chi connectivity index (χ0) is 24.7. The van der Waals surface area contributed by atoms with E-state index in [0.29, 0.717) is 19.5 Å². The maximum absolute atomic E-state index is 13.6. The molecule has 2 fully saturated rings. The lowest BCUT2D eigenvalue weighted by atomic mass is 9.70. The van der Waals surface area contributed by atoms with E-state index in [4.69, 9.17) is 9.47 Å². The van der Waals surface area contributed by atoms with Gasteiger partial charge in [0, 0.05) is 43.8 Å². The number of carbonyl (C=O) groups is 2. The highest BCUT2D eigenvalue weighted by molar-refractivity contribution is 5.87. The Morgan fingerprint density at radius 2 is 1.94 bits per heavy atom. The standard InChI is InChI=1S/C29H36N2O4/c1-18-10-11-22-26(14-18)35-29(3,4)23-16-21-17-31(13-12-25(21)34-27(22)23)28(33)24(30-19(2)32)15-20-8-6-5-7-9-20/h5-11,14,21,23-25,27H,12-13,15-17H2,1-4H3,(H,30,32)/t21-,23+,24-,25+,27-/m0/s1. The average Bonchev–Trinajstić information content (AvgIpc) is 2.82. The van der Waals surface area contributed by atoms with Crippen LogP contribution in [0.15, 0.2) is 48.5 Å². The maximum Gasteiger partial charge on any atom is 0.245 e. The molecule has 5 rings (SSSR count). The molecule has 6 heteroatoms. The number of likely N-dealkylation sites (tertiary alicyclic amines) is 1. The van der Waals surface area contributed by atoms with E-state index in [9.17, 15) is 9.59 Å². The van der Waals surface area contributed by atoms with Gasteiger partial charge in [-0.15, -0.1) is 0 Å². The van der Waals surface area contributed by atoms with E-state index in [1.807, 2.05) is 35.2 Å². The molecule has 2 saturated heterocycles. The number of nitrogens with zero attached hydrogens (tertiary/aromatic N) is 1. The van der Waals surface area contributed by atoms with Crippen LogP contribution in [0.2, 0.25) is 0 Å². The minimum Gasteiger partial charge on any atom is -0.487 e. The molecular weight excluding hydrogens is 440 g/mol. The Morgan fingerprint density at radius 3 is 2.69 bits per heavy atom. The predicted molar refractivity (Wildman–Crippen MR) is 134 cm³/mol. The number of aryl methyl sites for hydroxylation is 1. The fourth-order valence-corrected chi connectivity index (χ4v) is 6.13. The third-order valence-electron chi connectivity index (χ3n) is 7.92. The third-order valence-corrected chi connectivity index (χ3v) is 7.92. The van der Waals surface area contributed by atoms with Crippen LogP contribution in [0.5, 0.6) is 5.75 Å². The number of ether oxygens (including phenoxy) is 2. The van der Waals surface area contributed by atoms with Crippen LogP contribution in [0, 0.1) is 18.8 Å². The van der Waals surface area contributed by atoms with Gasteiger partial charge in [-0.3, -0.25) is 9.59 Å². The lowest BCUT2D eigenvalue weighted by Crippen LogP contribution is -2.58. The van der Waals surface area contributed by atoms with Crippen molar-refractivity contribution >= 4 is 11.8 Å². The van der Waals surface area contributed by atoms with Crippen LogP contribution >= 0.6 is 0 Å². The number of fused-ring (bicyclic) bond motifs is 4. The van der Waals surface area contributed by atoms with Crippen molar-refractivity contribution < 1.29 is 19.1 Å². The smallest absolute Gasteiger partial charge is 0.245 e. The van der Waals surface area contributed by atoms with Gasteiger partial charge in [0.05, 0.1) is 12.2 Å². The van der Waals surface area contributed by atoms with Gasteiger partial charge in [0.2, 0.25) is 11.8 Å². The van der Waals surface area contributed by atoms with Gasteiger partial charge in [-0.25, -0.2) is 0 Å². The molecular formula is C29H36N2O4. The summed E-state index contributed by atoms with van der Waals surface area (Å²) in [6.45, 7) is 9.14. The summed E-state index contributed by atoms with van der Waals surface area (Å²) in [6, 6.07) is 15.7. The molecule has 0 aliphatic carbocycles. The van der Waals surface area contributed by atoms with Gasteiger partial charge in [0.15, 0.2) is 0 Å². The molecule has 3 heterocycles. The van der Waals surface area contributed by atoms with Crippen molar-refractivity contribution in [3.8, 4) is 5.75 Å². The van der Waals surface area contributed by atoms with E-state index in [1.54, 1.807) is 0 Å². The molecule has 6 nitrogen and oxygen atoms in total. The number of hydrogen-bond acceptors (Lipinski definition) is 4. The Kier molecular flexibility index (Phi) is 6.34. The van der Waals surface area contributed by atoms with Gasteiger partial charge in [0.1, 0.15) is 17.4 Å². The molecule has 2 aromatic carbocycles. The first kappa shape index (κ1) is 23.9. The molecule has 0 bridgehead atoms. The van der Waals surface area contributed by atoms with Crippen molar-refractivity contribution in [2.75, 3.05) is 13.1 Å². The molecule has 2 aromatic rings. The Balaban J connectivity index is 1.32. The first-order valence-electron chi connectivity index (χ1n) is 12.8. The summed E-state index contributed by atoms with van der Waals surface area (Å²) in [5.74, 6) is 1.20. The van der Waals surface area contributed by atoms with E-state index in [2.05, 4.69) is 44.3 Å². The van der Waals surface area contributed by atoms with Crippen LogP contribution in [0.25, 0.3) is 0 Å².